The number of hydrogen-bond acceptors (Lipinski definition) is 2. The van der Waals surface area contributed by atoms with E-state index in [-0.39, 0.29) is 0 Å². The van der Waals surface area contributed by atoms with Gasteiger partial charge in [-0.3, -0.25) is 0 Å². The van der Waals surface area contributed by atoms with E-state index in [9.17, 15) is 0 Å². The van der Waals surface area contributed by atoms with Crippen molar-refractivity contribution in [2.24, 2.45) is 0 Å². The van der Waals surface area contributed by atoms with Gasteiger partial charge in [0.2, 0.25) is 0 Å². The number of fused-ring (bicyclic) bond motifs is 3. The van der Waals surface area contributed by atoms with E-state index in [1.54, 1.807) is 0 Å². The van der Waals surface area contributed by atoms with Gasteiger partial charge < -0.3 is 5.43 Å². The molecule has 2 aromatic carbocycles. The Hall–Kier alpha value is -1.80. The van der Waals surface area contributed by atoms with Crippen molar-refractivity contribution in [1.82, 2.24) is 5.01 Å². The molecule has 1 N–H and O–H groups in total. The molecular formula is C15H16N2. The van der Waals surface area contributed by atoms with Crippen LogP contribution in [0.15, 0.2) is 42.5 Å². The second-order valence-corrected chi connectivity index (χ2v) is 4.67. The quantitative estimate of drug-likeness (QED) is 0.673. The van der Waals surface area contributed by atoms with Crippen LogP contribution in [-0.4, -0.2) is 19.1 Å². The maximum absolute atomic E-state index is 3.37. The normalized spacial score (nSPS) is 12.4. The third-order valence-corrected chi connectivity index (χ3v) is 3.19. The molecule has 2 aromatic rings. The van der Waals surface area contributed by atoms with Crippen LogP contribution >= 0.6 is 0 Å². The lowest BCUT2D eigenvalue weighted by Crippen LogP contribution is -2.20. The second-order valence-electron chi connectivity index (χ2n) is 4.67. The Morgan fingerprint density at radius 3 is 2.53 bits per heavy atom. The van der Waals surface area contributed by atoms with Crippen LogP contribution in [0.1, 0.15) is 11.1 Å². The highest BCUT2D eigenvalue weighted by Crippen LogP contribution is 2.39. The molecule has 0 saturated heterocycles. The summed E-state index contributed by atoms with van der Waals surface area (Å²) in [5, 5.41) is 1.98. The Labute approximate surface area is 102 Å². The van der Waals surface area contributed by atoms with E-state index in [0.717, 1.165) is 6.42 Å². The summed E-state index contributed by atoms with van der Waals surface area (Å²) in [6.07, 6.45) is 1.03. The zero-order valence-electron chi connectivity index (χ0n) is 10.2. The summed E-state index contributed by atoms with van der Waals surface area (Å²) in [5.74, 6) is 0. The smallest absolute Gasteiger partial charge is 0.0531 e. The highest BCUT2D eigenvalue weighted by molar-refractivity contribution is 5.81. The van der Waals surface area contributed by atoms with Gasteiger partial charge in [-0.2, -0.15) is 0 Å². The summed E-state index contributed by atoms with van der Waals surface area (Å²) < 4.78 is 0. The van der Waals surface area contributed by atoms with E-state index in [1.807, 2.05) is 19.1 Å². The van der Waals surface area contributed by atoms with Crippen LogP contribution in [-0.2, 0) is 6.42 Å². The van der Waals surface area contributed by atoms with Gasteiger partial charge in [-0.05, 0) is 28.3 Å². The van der Waals surface area contributed by atoms with Gasteiger partial charge in [0, 0.05) is 20.5 Å². The number of nitrogens with zero attached hydrogens (tertiary/aromatic N) is 1. The van der Waals surface area contributed by atoms with Crippen molar-refractivity contribution < 1.29 is 0 Å². The van der Waals surface area contributed by atoms with E-state index >= 15 is 0 Å². The summed E-state index contributed by atoms with van der Waals surface area (Å²) in [6, 6.07) is 15.1. The van der Waals surface area contributed by atoms with E-state index < -0.39 is 0 Å². The van der Waals surface area contributed by atoms with Gasteiger partial charge in [0.15, 0.2) is 0 Å². The minimum absolute atomic E-state index is 1.03. The SMILES string of the molecule is CN(C)Nc1cccc2c1Cc1ccccc1-2. The average molecular weight is 224 g/mol. The van der Waals surface area contributed by atoms with Crippen molar-refractivity contribution >= 4 is 5.69 Å². The molecule has 0 spiro atoms. The molecule has 2 heteroatoms. The zero-order valence-corrected chi connectivity index (χ0v) is 10.2. The Morgan fingerprint density at radius 2 is 1.71 bits per heavy atom. The van der Waals surface area contributed by atoms with Gasteiger partial charge in [0.25, 0.3) is 0 Å². The van der Waals surface area contributed by atoms with Crippen molar-refractivity contribution in [3.8, 4) is 11.1 Å². The molecule has 0 atom stereocenters. The number of nitrogens with one attached hydrogen (secondary N) is 1. The molecule has 3 rings (SSSR count). The lowest BCUT2D eigenvalue weighted by Gasteiger charge is -2.16. The highest BCUT2D eigenvalue weighted by atomic mass is 15.5. The van der Waals surface area contributed by atoms with Crippen LogP contribution in [0.3, 0.4) is 0 Å². The van der Waals surface area contributed by atoms with E-state index in [0.29, 0.717) is 0 Å². The van der Waals surface area contributed by atoms with Crippen molar-refractivity contribution in [2.45, 2.75) is 6.42 Å². The standard InChI is InChI=1S/C15H16N2/c1-17(2)16-15-9-5-8-13-12-7-4-3-6-11(12)10-14(13)15/h3-9,16H,10H2,1-2H3. The molecule has 0 saturated carbocycles. The molecule has 0 radical (unpaired) electrons. The zero-order chi connectivity index (χ0) is 11.8. The lowest BCUT2D eigenvalue weighted by atomic mass is 10.1. The summed E-state index contributed by atoms with van der Waals surface area (Å²) in [7, 11) is 4.03. The number of hydrogen-bond donors (Lipinski definition) is 1. The Bertz CT molecular complexity index is 559. The first-order valence-electron chi connectivity index (χ1n) is 5.90. The van der Waals surface area contributed by atoms with Gasteiger partial charge in [0.1, 0.15) is 0 Å². The number of hydrazine groups is 1. The first kappa shape index (κ1) is 10.4. The third-order valence-electron chi connectivity index (χ3n) is 3.19. The number of rotatable bonds is 2. The van der Waals surface area contributed by atoms with Gasteiger partial charge in [-0.1, -0.05) is 36.4 Å². The topological polar surface area (TPSA) is 15.3 Å². The Kier molecular flexibility index (Phi) is 2.37. The van der Waals surface area contributed by atoms with Crippen molar-refractivity contribution in [1.29, 1.82) is 0 Å². The first-order valence-corrected chi connectivity index (χ1v) is 5.90. The second kappa shape index (κ2) is 3.90. The van der Waals surface area contributed by atoms with Gasteiger partial charge >= 0.3 is 0 Å². The molecular weight excluding hydrogens is 208 g/mol. The Balaban J connectivity index is 2.11. The van der Waals surface area contributed by atoms with Crippen LogP contribution in [0, 0.1) is 0 Å². The molecule has 0 aliphatic heterocycles. The van der Waals surface area contributed by atoms with Crippen molar-refractivity contribution in [2.75, 3.05) is 19.5 Å². The summed E-state index contributed by atoms with van der Waals surface area (Å²) in [6.45, 7) is 0. The fourth-order valence-corrected chi connectivity index (χ4v) is 2.50. The van der Waals surface area contributed by atoms with Crippen LogP contribution in [0.4, 0.5) is 5.69 Å². The van der Waals surface area contributed by atoms with Gasteiger partial charge in [0.05, 0.1) is 5.69 Å². The largest absolute Gasteiger partial charge is 0.319 e. The maximum Gasteiger partial charge on any atom is 0.0531 e. The monoisotopic (exact) mass is 224 g/mol. The lowest BCUT2D eigenvalue weighted by molar-refractivity contribution is 0.495. The third kappa shape index (κ3) is 1.71. The summed E-state index contributed by atoms with van der Waals surface area (Å²) >= 11 is 0. The number of anilines is 1. The predicted octanol–water partition coefficient (Wildman–Crippen LogP) is 3.15. The molecule has 2 nitrogen and oxygen atoms in total. The molecule has 0 bridgehead atoms. The fraction of sp³-hybridized carbons (Fsp3) is 0.200. The minimum atomic E-state index is 1.03. The molecule has 0 heterocycles. The van der Waals surface area contributed by atoms with Crippen LogP contribution in [0.5, 0.6) is 0 Å². The van der Waals surface area contributed by atoms with E-state index in [1.165, 1.54) is 27.9 Å². The van der Waals surface area contributed by atoms with Crippen molar-refractivity contribution in [3.05, 3.63) is 53.6 Å². The van der Waals surface area contributed by atoms with E-state index in [4.69, 9.17) is 0 Å². The van der Waals surface area contributed by atoms with Gasteiger partial charge in [-0.25, -0.2) is 5.01 Å². The molecule has 0 unspecified atom stereocenters. The van der Waals surface area contributed by atoms with E-state index in [2.05, 4.69) is 47.9 Å². The highest BCUT2D eigenvalue weighted by Gasteiger charge is 2.20. The van der Waals surface area contributed by atoms with Crippen LogP contribution < -0.4 is 5.43 Å². The maximum atomic E-state index is 3.37. The fourth-order valence-electron chi connectivity index (χ4n) is 2.50. The summed E-state index contributed by atoms with van der Waals surface area (Å²) in [4.78, 5) is 0. The predicted molar refractivity (Wildman–Crippen MR) is 72.0 cm³/mol. The van der Waals surface area contributed by atoms with Crippen molar-refractivity contribution in [3.63, 3.8) is 0 Å². The van der Waals surface area contributed by atoms with Gasteiger partial charge in [-0.15, -0.1) is 0 Å². The molecule has 1 aliphatic carbocycles. The summed E-state index contributed by atoms with van der Waals surface area (Å²) in [5.41, 5.74) is 10.2. The molecule has 0 fully saturated rings. The molecule has 17 heavy (non-hydrogen) atoms. The molecule has 86 valence electrons. The Morgan fingerprint density at radius 1 is 0.941 bits per heavy atom. The first-order chi connectivity index (χ1) is 8.25. The number of benzene rings is 2. The molecule has 1 aliphatic rings. The minimum Gasteiger partial charge on any atom is -0.319 e. The van der Waals surface area contributed by atoms with Crippen LogP contribution in [0.2, 0.25) is 0 Å². The van der Waals surface area contributed by atoms with Crippen LogP contribution in [0.25, 0.3) is 11.1 Å². The average Bonchev–Trinajstić information content (AvgIpc) is 2.68. The molecule has 0 amide bonds. The molecule has 0 aromatic heterocycles.